The lowest BCUT2D eigenvalue weighted by molar-refractivity contribution is -0.141. The minimum atomic E-state index is -0.972. The van der Waals surface area contributed by atoms with Gasteiger partial charge in [0.1, 0.15) is 36.3 Å². The van der Waals surface area contributed by atoms with E-state index in [2.05, 4.69) is 20.9 Å². The zero-order chi connectivity index (χ0) is 27.6. The topological polar surface area (TPSA) is 155 Å². The highest BCUT2D eigenvalue weighted by Gasteiger charge is 2.41. The van der Waals surface area contributed by atoms with E-state index in [0.29, 0.717) is 11.4 Å². The Morgan fingerprint density at radius 3 is 2.58 bits per heavy atom. The van der Waals surface area contributed by atoms with Gasteiger partial charge in [0.05, 0.1) is 18.2 Å². The van der Waals surface area contributed by atoms with Gasteiger partial charge in [-0.1, -0.05) is 13.8 Å². The van der Waals surface area contributed by atoms with E-state index in [0.717, 1.165) is 0 Å². The summed E-state index contributed by atoms with van der Waals surface area (Å²) < 4.78 is 7.69. The van der Waals surface area contributed by atoms with Gasteiger partial charge in [-0.15, -0.1) is 0 Å². The van der Waals surface area contributed by atoms with Gasteiger partial charge < -0.3 is 35.3 Å². The first-order chi connectivity index (χ1) is 18.1. The fraction of sp³-hybridized carbons (Fsp3) is 0.500. The summed E-state index contributed by atoms with van der Waals surface area (Å²) in [5.74, 6) is -1.34. The number of carbonyl (C=O) groups excluding carboxylic acids is 4. The number of imidazole rings is 1. The Morgan fingerprint density at radius 2 is 1.89 bits per heavy atom. The van der Waals surface area contributed by atoms with Crippen LogP contribution >= 0.6 is 0 Å². The molecule has 1 aromatic heterocycles. The van der Waals surface area contributed by atoms with Crippen molar-refractivity contribution in [2.45, 2.75) is 51.4 Å². The van der Waals surface area contributed by atoms with Crippen molar-refractivity contribution in [1.29, 1.82) is 0 Å². The van der Waals surface area contributed by atoms with Gasteiger partial charge in [0.15, 0.2) is 0 Å². The number of hydrogen-bond acceptors (Lipinski definition) is 7. The molecule has 12 nitrogen and oxygen atoms in total. The molecular weight excluding hydrogens is 492 g/mol. The van der Waals surface area contributed by atoms with Gasteiger partial charge in [-0.3, -0.25) is 19.2 Å². The summed E-state index contributed by atoms with van der Waals surface area (Å²) in [6.45, 7) is 5.26. The molecule has 0 bridgehead atoms. The predicted octanol–water partition coefficient (Wildman–Crippen LogP) is -0.183. The maximum atomic E-state index is 13.5. The van der Waals surface area contributed by atoms with E-state index in [1.54, 1.807) is 44.4 Å². The number of aliphatic hydroxyl groups excluding tert-OH is 1. The SMILES string of the molecule is CC(C)[C@@H]1NC(=O)c2cc(-c3nccn3C)ccc2OCCNC(=O)[C@@H]2C[C@H](O)CN2C(=O)[C@@H](C)NC1=O. The highest BCUT2D eigenvalue weighted by atomic mass is 16.5. The molecule has 0 aliphatic carbocycles. The molecule has 0 radical (unpaired) electrons. The fourth-order valence-electron chi connectivity index (χ4n) is 4.74. The zero-order valence-corrected chi connectivity index (χ0v) is 21.9. The molecule has 2 aliphatic heterocycles. The zero-order valence-electron chi connectivity index (χ0n) is 21.9. The molecule has 1 aromatic carbocycles. The van der Waals surface area contributed by atoms with Gasteiger partial charge in [0.2, 0.25) is 17.7 Å². The van der Waals surface area contributed by atoms with Crippen molar-refractivity contribution in [2.75, 3.05) is 19.7 Å². The molecule has 204 valence electrons. The van der Waals surface area contributed by atoms with Crippen molar-refractivity contribution in [2.24, 2.45) is 13.0 Å². The smallest absolute Gasteiger partial charge is 0.255 e. The van der Waals surface area contributed by atoms with Crippen molar-refractivity contribution in [3.63, 3.8) is 0 Å². The maximum absolute atomic E-state index is 13.5. The van der Waals surface area contributed by atoms with Crippen molar-refractivity contribution in [1.82, 2.24) is 30.4 Å². The number of carbonyl (C=O) groups is 4. The molecular formula is C26H34N6O6. The van der Waals surface area contributed by atoms with Crippen LogP contribution in [0.4, 0.5) is 0 Å². The molecule has 1 fully saturated rings. The number of fused-ring (bicyclic) bond motifs is 2. The minimum Gasteiger partial charge on any atom is -0.491 e. The second-order valence-corrected chi connectivity index (χ2v) is 10.0. The van der Waals surface area contributed by atoms with E-state index in [-0.39, 0.29) is 43.3 Å². The molecule has 0 saturated carbocycles. The molecule has 4 rings (SSSR count). The van der Waals surface area contributed by atoms with E-state index in [1.807, 2.05) is 11.6 Å². The van der Waals surface area contributed by atoms with E-state index in [4.69, 9.17) is 4.74 Å². The van der Waals surface area contributed by atoms with E-state index in [9.17, 15) is 24.3 Å². The molecule has 38 heavy (non-hydrogen) atoms. The maximum Gasteiger partial charge on any atom is 0.255 e. The number of aliphatic hydroxyl groups is 1. The number of nitrogens with one attached hydrogen (secondary N) is 3. The Balaban J connectivity index is 1.68. The number of aryl methyl sites for hydroxylation is 1. The first-order valence-corrected chi connectivity index (χ1v) is 12.7. The average Bonchev–Trinajstić information content (AvgIpc) is 3.48. The van der Waals surface area contributed by atoms with Crippen molar-refractivity contribution in [3.8, 4) is 17.1 Å². The molecule has 1 saturated heterocycles. The first kappa shape index (κ1) is 27.1. The van der Waals surface area contributed by atoms with Crippen LogP contribution in [-0.2, 0) is 21.4 Å². The average molecular weight is 527 g/mol. The summed E-state index contributed by atoms with van der Waals surface area (Å²) in [5.41, 5.74) is 0.888. The summed E-state index contributed by atoms with van der Waals surface area (Å²) in [7, 11) is 1.84. The number of aromatic nitrogens is 2. The van der Waals surface area contributed by atoms with Crippen molar-refractivity contribution in [3.05, 3.63) is 36.2 Å². The number of rotatable bonds is 2. The van der Waals surface area contributed by atoms with E-state index < -0.39 is 47.9 Å². The van der Waals surface area contributed by atoms with Crippen molar-refractivity contribution < 1.29 is 29.0 Å². The van der Waals surface area contributed by atoms with Crippen LogP contribution in [0.5, 0.6) is 5.75 Å². The van der Waals surface area contributed by atoms with Crippen LogP contribution in [0.15, 0.2) is 30.6 Å². The summed E-state index contributed by atoms with van der Waals surface area (Å²) in [6.07, 6.45) is 2.69. The second-order valence-electron chi connectivity index (χ2n) is 10.0. The number of amides is 4. The molecule has 0 spiro atoms. The van der Waals surface area contributed by atoms with Crippen LogP contribution in [0.1, 0.15) is 37.6 Å². The number of nitrogens with zero attached hydrogens (tertiary/aromatic N) is 3. The normalized spacial score (nSPS) is 25.3. The molecule has 4 N–H and O–H groups in total. The Kier molecular flexibility index (Phi) is 8.00. The van der Waals surface area contributed by atoms with Gasteiger partial charge in [0.25, 0.3) is 5.91 Å². The third-order valence-electron chi connectivity index (χ3n) is 6.79. The molecule has 0 unspecified atom stereocenters. The first-order valence-electron chi connectivity index (χ1n) is 12.7. The highest BCUT2D eigenvalue weighted by Crippen LogP contribution is 2.26. The van der Waals surface area contributed by atoms with Gasteiger partial charge in [-0.25, -0.2) is 4.98 Å². The van der Waals surface area contributed by atoms with Crippen LogP contribution in [-0.4, -0.2) is 87.1 Å². The van der Waals surface area contributed by atoms with Crippen LogP contribution in [0.2, 0.25) is 0 Å². The molecule has 2 aliphatic rings. The summed E-state index contributed by atoms with van der Waals surface area (Å²) >= 11 is 0. The lowest BCUT2D eigenvalue weighted by atomic mass is 10.0. The summed E-state index contributed by atoms with van der Waals surface area (Å²) in [5, 5.41) is 18.4. The standard InChI is InChI=1S/C26H34N6O6/c1-14(2)21-25(36)29-15(3)26(37)32-13-17(33)12-19(32)24(35)28-8-10-38-20-6-5-16(11-18(20)23(34)30-21)22-27-7-9-31(22)4/h5-7,9,11,14-15,17,19,21,33H,8,10,12-13H2,1-4H3,(H,28,35)(H,29,36)(H,30,34)/t15-,17+,19+,21+/m1/s1. The lowest BCUT2D eigenvalue weighted by Gasteiger charge is -2.29. The van der Waals surface area contributed by atoms with Crippen LogP contribution in [0.25, 0.3) is 11.4 Å². The fourth-order valence-corrected chi connectivity index (χ4v) is 4.74. The number of hydrogen-bond donors (Lipinski definition) is 4. The monoisotopic (exact) mass is 526 g/mol. The predicted molar refractivity (Wildman–Crippen MR) is 137 cm³/mol. The van der Waals surface area contributed by atoms with Crippen molar-refractivity contribution >= 4 is 23.6 Å². The Bertz CT molecular complexity index is 1230. The van der Waals surface area contributed by atoms with Crippen LogP contribution in [0.3, 0.4) is 0 Å². The number of benzene rings is 1. The molecule has 4 atom stereocenters. The molecule has 4 amide bonds. The Labute approximate surface area is 220 Å². The highest BCUT2D eigenvalue weighted by molar-refractivity contribution is 6.01. The van der Waals surface area contributed by atoms with E-state index in [1.165, 1.54) is 11.8 Å². The Morgan fingerprint density at radius 1 is 1.13 bits per heavy atom. The van der Waals surface area contributed by atoms with E-state index >= 15 is 0 Å². The third-order valence-corrected chi connectivity index (χ3v) is 6.79. The quantitative estimate of drug-likeness (QED) is 0.423. The molecule has 12 heteroatoms. The second kappa shape index (κ2) is 11.2. The minimum absolute atomic E-state index is 0.0102. The van der Waals surface area contributed by atoms with Gasteiger partial charge in [0, 0.05) is 38.0 Å². The third kappa shape index (κ3) is 5.64. The van der Waals surface area contributed by atoms with Crippen LogP contribution in [0, 0.1) is 5.92 Å². The molecule has 3 heterocycles. The Hall–Kier alpha value is -3.93. The summed E-state index contributed by atoms with van der Waals surface area (Å²) in [6, 6.07) is 2.30. The van der Waals surface area contributed by atoms with Gasteiger partial charge in [-0.05, 0) is 31.0 Å². The largest absolute Gasteiger partial charge is 0.491 e. The van der Waals surface area contributed by atoms with Gasteiger partial charge in [-0.2, -0.15) is 0 Å². The summed E-state index contributed by atoms with van der Waals surface area (Å²) in [4.78, 5) is 58.3. The number of ether oxygens (including phenoxy) is 1. The molecule has 2 aromatic rings. The van der Waals surface area contributed by atoms with Gasteiger partial charge >= 0.3 is 0 Å². The van der Waals surface area contributed by atoms with Crippen LogP contribution < -0.4 is 20.7 Å². The lowest BCUT2D eigenvalue weighted by Crippen LogP contribution is -2.57.